The lowest BCUT2D eigenvalue weighted by Gasteiger charge is -2.61. The Labute approximate surface area is 224 Å². The molecule has 2 N–H and O–H groups in total. The number of allylic oxidation sites excluding steroid dienone is 3. The molecule has 0 aromatic carbocycles. The minimum atomic E-state index is -3.43. The van der Waals surface area contributed by atoms with Gasteiger partial charge in [-0.05, 0) is 105 Å². The molecule has 5 nitrogen and oxygen atoms in total. The minimum Gasteiger partial charge on any atom is -0.393 e. The normalized spacial score (nSPS) is 48.3. The molecule has 0 aromatic rings. The molecule has 208 valence electrons. The van der Waals surface area contributed by atoms with Gasteiger partial charge in [-0.2, -0.15) is 4.31 Å². The molecule has 6 saturated carbocycles. The molecule has 7 rings (SSSR count). The maximum atomic E-state index is 13.1. The van der Waals surface area contributed by atoms with Crippen LogP contribution in [0.3, 0.4) is 0 Å². The van der Waals surface area contributed by atoms with E-state index in [0.717, 1.165) is 50.9 Å². The summed E-state index contributed by atoms with van der Waals surface area (Å²) in [6.45, 7) is 10.2. The van der Waals surface area contributed by atoms with E-state index in [0.29, 0.717) is 42.1 Å². The molecule has 37 heavy (non-hydrogen) atoms. The van der Waals surface area contributed by atoms with Crippen LogP contribution in [-0.4, -0.2) is 54.0 Å². The zero-order valence-corrected chi connectivity index (χ0v) is 24.5. The van der Waals surface area contributed by atoms with E-state index < -0.39 is 15.6 Å². The van der Waals surface area contributed by atoms with Gasteiger partial charge in [-0.1, -0.05) is 51.0 Å². The van der Waals surface area contributed by atoms with Crippen molar-refractivity contribution in [1.29, 1.82) is 0 Å². The molecule has 6 fully saturated rings. The fourth-order valence-corrected chi connectivity index (χ4v) is 11.3. The van der Waals surface area contributed by atoms with Gasteiger partial charge in [-0.25, -0.2) is 8.42 Å². The van der Waals surface area contributed by atoms with Crippen LogP contribution in [-0.2, 0) is 10.0 Å². The molecule has 7 aliphatic rings. The first-order valence-corrected chi connectivity index (χ1v) is 16.8. The van der Waals surface area contributed by atoms with E-state index in [1.807, 2.05) is 0 Å². The predicted molar refractivity (Wildman–Crippen MR) is 147 cm³/mol. The third kappa shape index (κ3) is 3.82. The Morgan fingerprint density at radius 1 is 0.973 bits per heavy atom. The molecule has 2 bridgehead atoms. The minimum absolute atomic E-state index is 0.110. The van der Waals surface area contributed by atoms with Crippen LogP contribution in [0, 0.1) is 45.8 Å². The summed E-state index contributed by atoms with van der Waals surface area (Å²) in [6.07, 6.45) is 15.5. The fourth-order valence-electron chi connectivity index (χ4n) is 10.4. The van der Waals surface area contributed by atoms with Gasteiger partial charge in [-0.3, -0.25) is 0 Å². The van der Waals surface area contributed by atoms with Gasteiger partial charge in [0.15, 0.2) is 0 Å². The molecule has 7 aliphatic carbocycles. The highest BCUT2D eigenvalue weighted by atomic mass is 32.2. The molecular weight excluding hydrogens is 482 g/mol. The van der Waals surface area contributed by atoms with Crippen LogP contribution in [0.4, 0.5) is 0 Å². The average molecular weight is 532 g/mol. The quantitative estimate of drug-likeness (QED) is 0.505. The first-order valence-electron chi connectivity index (χ1n) is 15.0. The molecule has 0 spiro atoms. The highest BCUT2D eigenvalue weighted by Crippen LogP contribution is 2.66. The number of fused-ring (bicyclic) bond motifs is 7. The van der Waals surface area contributed by atoms with E-state index in [1.54, 1.807) is 4.31 Å². The Balaban J connectivity index is 1.25. The molecule has 0 radical (unpaired) electrons. The van der Waals surface area contributed by atoms with Crippen LogP contribution in [0.15, 0.2) is 23.3 Å². The molecule has 0 unspecified atom stereocenters. The van der Waals surface area contributed by atoms with Crippen molar-refractivity contribution in [3.05, 3.63) is 23.3 Å². The van der Waals surface area contributed by atoms with Crippen LogP contribution in [0.25, 0.3) is 0 Å². The van der Waals surface area contributed by atoms with Crippen LogP contribution in [0.2, 0.25) is 0 Å². The molecule has 0 heterocycles. The van der Waals surface area contributed by atoms with Crippen molar-refractivity contribution < 1.29 is 18.6 Å². The second-order valence-corrected chi connectivity index (χ2v) is 17.0. The largest absolute Gasteiger partial charge is 0.393 e. The van der Waals surface area contributed by atoms with Gasteiger partial charge in [0.1, 0.15) is 0 Å². The molecule has 6 heteroatoms. The van der Waals surface area contributed by atoms with Crippen molar-refractivity contribution in [3.8, 4) is 0 Å². The van der Waals surface area contributed by atoms with E-state index in [-0.39, 0.29) is 23.5 Å². The van der Waals surface area contributed by atoms with Gasteiger partial charge in [0.2, 0.25) is 10.0 Å². The van der Waals surface area contributed by atoms with Crippen molar-refractivity contribution in [2.24, 2.45) is 45.8 Å². The van der Waals surface area contributed by atoms with Crippen molar-refractivity contribution in [3.63, 3.8) is 0 Å². The summed E-state index contributed by atoms with van der Waals surface area (Å²) < 4.78 is 27.9. The molecule has 9 atom stereocenters. The topological polar surface area (TPSA) is 77.8 Å². The Morgan fingerprint density at radius 3 is 2.38 bits per heavy atom. The van der Waals surface area contributed by atoms with Crippen LogP contribution >= 0.6 is 0 Å². The fraction of sp³-hybridized carbons (Fsp3) is 0.871. The maximum absolute atomic E-state index is 13.1. The smallest absolute Gasteiger partial charge is 0.211 e. The number of hydrogen-bond donors (Lipinski definition) is 2. The number of rotatable bonds is 5. The summed E-state index contributed by atoms with van der Waals surface area (Å²) in [5.41, 5.74) is 1.98. The summed E-state index contributed by atoms with van der Waals surface area (Å²) in [7, 11) is -3.43. The number of nitrogens with zero attached hydrogens (tertiary/aromatic N) is 1. The Kier molecular flexibility index (Phi) is 6.03. The van der Waals surface area contributed by atoms with Gasteiger partial charge in [0.25, 0.3) is 0 Å². The van der Waals surface area contributed by atoms with Crippen molar-refractivity contribution >= 4 is 10.0 Å². The third-order valence-electron chi connectivity index (χ3n) is 13.2. The lowest BCUT2D eigenvalue weighted by molar-refractivity contribution is -0.118. The Bertz CT molecular complexity index is 1120. The van der Waals surface area contributed by atoms with Crippen molar-refractivity contribution in [2.45, 2.75) is 104 Å². The molecule has 0 amide bonds. The van der Waals surface area contributed by atoms with Crippen molar-refractivity contribution in [2.75, 3.05) is 19.3 Å². The van der Waals surface area contributed by atoms with Gasteiger partial charge in [0.05, 0.1) is 18.0 Å². The second kappa shape index (κ2) is 8.41. The van der Waals surface area contributed by atoms with Crippen LogP contribution in [0.5, 0.6) is 0 Å². The first kappa shape index (κ1) is 26.5. The van der Waals surface area contributed by atoms with E-state index in [2.05, 4.69) is 39.8 Å². The number of hydrogen-bond acceptors (Lipinski definition) is 4. The highest BCUT2D eigenvalue weighted by Gasteiger charge is 2.63. The van der Waals surface area contributed by atoms with Crippen LogP contribution < -0.4 is 0 Å². The number of aliphatic hydroxyl groups is 2. The zero-order valence-electron chi connectivity index (χ0n) is 23.7. The van der Waals surface area contributed by atoms with Crippen LogP contribution in [0.1, 0.15) is 91.9 Å². The Hall–Kier alpha value is -0.690. The van der Waals surface area contributed by atoms with Gasteiger partial charge >= 0.3 is 0 Å². The monoisotopic (exact) mass is 531 g/mol. The lowest BCUT2D eigenvalue weighted by Crippen LogP contribution is -2.59. The molecule has 0 aliphatic heterocycles. The SMILES string of the molecule is CC1(C)[C@H]2CC[C@@H](CN(C[C@]3(O)CC[C@H]4C5=CC=C6C[C@@H](O)CC[C@]6(C)[C@H]5CC[C@@]43C)S(C)(=O)=O)[C@@H]1C2. The summed E-state index contributed by atoms with van der Waals surface area (Å²) in [4.78, 5) is 0. The van der Waals surface area contributed by atoms with Gasteiger partial charge in [-0.15, -0.1) is 0 Å². The predicted octanol–water partition coefficient (Wildman–Crippen LogP) is 5.30. The summed E-state index contributed by atoms with van der Waals surface area (Å²) >= 11 is 0. The zero-order chi connectivity index (χ0) is 26.6. The standard InChI is InChI=1S/C31H49NO4S/c1-28(2)21-7-6-20(27(28)17-21)18-32(37(5,35)36)19-31(34)15-12-26-24-9-8-22-16-23(33)10-13-29(22,3)25(24)11-14-30(26,31)4/h8-9,20-21,23,25-27,33-34H,6-7,10-19H2,1-5H3/t20-,21-,23-,25-,26-,27-,29-,30-,31+/m0/s1. The second-order valence-electron chi connectivity index (χ2n) is 15.1. The summed E-state index contributed by atoms with van der Waals surface area (Å²) in [5.74, 6) is 2.55. The first-order chi connectivity index (χ1) is 17.2. The highest BCUT2D eigenvalue weighted by molar-refractivity contribution is 7.88. The van der Waals surface area contributed by atoms with Crippen molar-refractivity contribution in [1.82, 2.24) is 4.31 Å². The number of aliphatic hydroxyl groups excluding tert-OH is 1. The van der Waals surface area contributed by atoms with Gasteiger partial charge < -0.3 is 10.2 Å². The molecule has 0 aromatic heterocycles. The lowest BCUT2D eigenvalue weighted by atomic mass is 9.45. The number of sulfonamides is 1. The van der Waals surface area contributed by atoms with E-state index in [4.69, 9.17) is 0 Å². The summed E-state index contributed by atoms with van der Waals surface area (Å²) in [5, 5.41) is 22.6. The Morgan fingerprint density at radius 2 is 1.70 bits per heavy atom. The molecular formula is C31H49NO4S. The van der Waals surface area contributed by atoms with Gasteiger partial charge in [0, 0.05) is 18.5 Å². The average Bonchev–Trinajstić information content (AvgIpc) is 3.09. The molecule has 0 saturated heterocycles. The van der Waals surface area contributed by atoms with E-state index >= 15 is 0 Å². The third-order valence-corrected chi connectivity index (χ3v) is 14.4. The summed E-state index contributed by atoms with van der Waals surface area (Å²) in [6, 6.07) is 0. The van der Waals surface area contributed by atoms with E-state index in [1.165, 1.54) is 30.2 Å². The maximum Gasteiger partial charge on any atom is 0.211 e. The van der Waals surface area contributed by atoms with E-state index in [9.17, 15) is 18.6 Å².